The number of allylic oxidation sites excluding steroid dienone is 4. The molecule has 148 valence electrons. The Bertz CT molecular complexity index is 770. The minimum atomic E-state index is -1.58. The fourth-order valence-corrected chi connectivity index (χ4v) is 6.92. The molecule has 0 aromatic heterocycles. The van der Waals surface area contributed by atoms with Gasteiger partial charge in [0.1, 0.15) is 18.4 Å². The van der Waals surface area contributed by atoms with E-state index in [2.05, 4.69) is 6.08 Å². The molecule has 0 amide bonds. The smallest absolute Gasteiger partial charge is 0.190 e. The summed E-state index contributed by atoms with van der Waals surface area (Å²) in [6.45, 7) is 5.15. The number of halogens is 1. The Morgan fingerprint density at radius 3 is 2.67 bits per heavy atom. The van der Waals surface area contributed by atoms with Gasteiger partial charge < -0.3 is 10.2 Å². The van der Waals surface area contributed by atoms with Gasteiger partial charge in [0.2, 0.25) is 0 Å². The molecule has 2 fully saturated rings. The maximum Gasteiger partial charge on any atom is 0.190 e. The van der Waals surface area contributed by atoms with Crippen LogP contribution in [0.25, 0.3) is 0 Å². The lowest BCUT2D eigenvalue weighted by molar-refractivity contribution is -0.161. The van der Waals surface area contributed by atoms with Crippen molar-refractivity contribution in [1.29, 1.82) is 0 Å². The molecule has 0 bridgehead atoms. The minimum absolute atomic E-state index is 0.00206. The molecule has 0 aliphatic heterocycles. The van der Waals surface area contributed by atoms with Crippen molar-refractivity contribution in [2.75, 3.05) is 6.61 Å². The number of Topliss-reactive ketones (excluding diaryl/α,β-unsaturated/α-hetero) is 1. The van der Waals surface area contributed by atoms with Gasteiger partial charge in [-0.1, -0.05) is 32.4 Å². The molecular formula is C22H29FO4. The second-order valence-electron chi connectivity index (χ2n) is 9.58. The largest absolute Gasteiger partial charge is 0.388 e. The second kappa shape index (κ2) is 5.84. The normalized spacial score (nSPS) is 48.9. The Morgan fingerprint density at radius 1 is 1.30 bits per heavy atom. The SMILES string of the molecule is C[C@@H]1C[C@H]2[C@@H]3C[C@H](F)C4=CC(=O)CC[C@]4(C)C3=CC[C@]2(C)[C@@]1(O)C(=O)CO. The third-order valence-electron chi connectivity index (χ3n) is 8.47. The first kappa shape index (κ1) is 19.0. The van der Waals surface area contributed by atoms with Gasteiger partial charge in [-0.2, -0.15) is 0 Å². The highest BCUT2D eigenvalue weighted by Gasteiger charge is 2.67. The summed E-state index contributed by atoms with van der Waals surface area (Å²) >= 11 is 0. The predicted molar refractivity (Wildman–Crippen MR) is 98.6 cm³/mol. The summed E-state index contributed by atoms with van der Waals surface area (Å²) < 4.78 is 15.2. The van der Waals surface area contributed by atoms with E-state index in [-0.39, 0.29) is 23.5 Å². The van der Waals surface area contributed by atoms with Gasteiger partial charge >= 0.3 is 0 Å². The number of alkyl halides is 1. The van der Waals surface area contributed by atoms with Gasteiger partial charge in [-0.15, -0.1) is 0 Å². The van der Waals surface area contributed by atoms with E-state index in [1.54, 1.807) is 0 Å². The standard InChI is InChI=1S/C22H29FO4/c1-12-8-16-14-10-18(23)17-9-13(25)4-6-20(17,2)15(14)5-7-21(16,3)22(12,27)19(26)11-24/h5,9,12,14,16,18,24,27H,4,6-8,10-11H2,1-3H3/t12-,14-,16+,18+,20-,21+,22+/m1/s1. The van der Waals surface area contributed by atoms with Gasteiger partial charge in [-0.3, -0.25) is 9.59 Å². The van der Waals surface area contributed by atoms with Gasteiger partial charge in [0.05, 0.1) is 0 Å². The van der Waals surface area contributed by atoms with Gasteiger partial charge in [0.25, 0.3) is 0 Å². The van der Waals surface area contributed by atoms with Crippen molar-refractivity contribution in [3.8, 4) is 0 Å². The van der Waals surface area contributed by atoms with E-state index in [1.807, 2.05) is 20.8 Å². The topological polar surface area (TPSA) is 74.6 Å². The summed E-state index contributed by atoms with van der Waals surface area (Å²) in [5.74, 6) is -0.864. The number of aliphatic hydroxyl groups is 2. The Kier molecular flexibility index (Phi) is 4.11. The summed E-state index contributed by atoms with van der Waals surface area (Å²) in [5.41, 5.74) is -0.937. The molecule has 5 heteroatoms. The quantitative estimate of drug-likeness (QED) is 0.727. The molecule has 2 N–H and O–H groups in total. The average molecular weight is 376 g/mol. The Balaban J connectivity index is 1.81. The summed E-state index contributed by atoms with van der Waals surface area (Å²) in [6, 6.07) is 0. The molecule has 4 aliphatic rings. The Morgan fingerprint density at radius 2 is 2.00 bits per heavy atom. The molecule has 7 atom stereocenters. The van der Waals surface area contributed by atoms with E-state index in [0.29, 0.717) is 37.7 Å². The van der Waals surface area contributed by atoms with Gasteiger partial charge in [0.15, 0.2) is 11.6 Å². The molecular weight excluding hydrogens is 347 g/mol. The molecule has 2 saturated carbocycles. The minimum Gasteiger partial charge on any atom is -0.388 e. The number of fused-ring (bicyclic) bond motifs is 5. The third-order valence-corrected chi connectivity index (χ3v) is 8.47. The van der Waals surface area contributed by atoms with Crippen LogP contribution >= 0.6 is 0 Å². The lowest BCUT2D eigenvalue weighted by Gasteiger charge is -2.55. The highest BCUT2D eigenvalue weighted by molar-refractivity contribution is 5.92. The number of rotatable bonds is 2. The maximum absolute atomic E-state index is 15.2. The zero-order valence-corrected chi connectivity index (χ0v) is 16.3. The first-order valence-electron chi connectivity index (χ1n) is 10.1. The lowest BCUT2D eigenvalue weighted by Crippen LogP contribution is -2.58. The van der Waals surface area contributed by atoms with Crippen LogP contribution in [0.15, 0.2) is 23.3 Å². The molecule has 0 saturated heterocycles. The number of carbonyl (C=O) groups excluding carboxylic acids is 2. The molecule has 0 aromatic carbocycles. The molecule has 0 aromatic rings. The Labute approximate surface area is 159 Å². The zero-order valence-electron chi connectivity index (χ0n) is 16.3. The van der Waals surface area contributed by atoms with Crippen molar-refractivity contribution in [3.63, 3.8) is 0 Å². The van der Waals surface area contributed by atoms with E-state index in [1.165, 1.54) is 11.6 Å². The summed E-state index contributed by atoms with van der Waals surface area (Å²) in [4.78, 5) is 24.4. The van der Waals surface area contributed by atoms with Crippen molar-refractivity contribution < 1.29 is 24.2 Å². The fourth-order valence-electron chi connectivity index (χ4n) is 6.92. The average Bonchev–Trinajstić information content (AvgIpc) is 2.84. The van der Waals surface area contributed by atoms with E-state index < -0.39 is 35.0 Å². The number of hydrogen-bond acceptors (Lipinski definition) is 4. The highest BCUT2D eigenvalue weighted by Crippen LogP contribution is 2.67. The number of hydrogen-bond donors (Lipinski definition) is 2. The van der Waals surface area contributed by atoms with Crippen LogP contribution in [-0.4, -0.2) is 40.2 Å². The zero-order chi connectivity index (χ0) is 19.8. The van der Waals surface area contributed by atoms with E-state index in [4.69, 9.17) is 0 Å². The molecule has 0 spiro atoms. The van der Waals surface area contributed by atoms with Crippen LogP contribution in [0, 0.1) is 28.6 Å². The molecule has 27 heavy (non-hydrogen) atoms. The van der Waals surface area contributed by atoms with Crippen LogP contribution in [0.4, 0.5) is 4.39 Å². The van der Waals surface area contributed by atoms with Crippen LogP contribution in [0.2, 0.25) is 0 Å². The van der Waals surface area contributed by atoms with Gasteiger partial charge in [-0.25, -0.2) is 4.39 Å². The molecule has 4 aliphatic carbocycles. The van der Waals surface area contributed by atoms with Gasteiger partial charge in [-0.05, 0) is 55.1 Å². The molecule has 0 unspecified atom stereocenters. The molecule has 4 nitrogen and oxygen atoms in total. The maximum atomic E-state index is 15.2. The van der Waals surface area contributed by atoms with E-state index in [9.17, 15) is 19.8 Å². The van der Waals surface area contributed by atoms with Crippen LogP contribution in [0.3, 0.4) is 0 Å². The predicted octanol–water partition coefficient (Wildman–Crippen LogP) is 2.92. The monoisotopic (exact) mass is 376 g/mol. The third kappa shape index (κ3) is 2.21. The van der Waals surface area contributed by atoms with E-state index in [0.717, 1.165) is 0 Å². The molecule has 4 rings (SSSR count). The van der Waals surface area contributed by atoms with Crippen LogP contribution in [0.5, 0.6) is 0 Å². The van der Waals surface area contributed by atoms with Crippen LogP contribution < -0.4 is 0 Å². The van der Waals surface area contributed by atoms with Crippen molar-refractivity contribution in [3.05, 3.63) is 23.3 Å². The molecule has 0 radical (unpaired) electrons. The summed E-state index contributed by atoms with van der Waals surface area (Å²) in [7, 11) is 0. The second-order valence-corrected chi connectivity index (χ2v) is 9.58. The Hall–Kier alpha value is -1.33. The summed E-state index contributed by atoms with van der Waals surface area (Å²) in [5, 5.41) is 20.8. The van der Waals surface area contributed by atoms with Crippen molar-refractivity contribution in [1.82, 2.24) is 0 Å². The van der Waals surface area contributed by atoms with Crippen molar-refractivity contribution in [2.45, 2.75) is 64.6 Å². The van der Waals surface area contributed by atoms with E-state index >= 15 is 4.39 Å². The number of ketones is 2. The van der Waals surface area contributed by atoms with Crippen molar-refractivity contribution >= 4 is 11.6 Å². The van der Waals surface area contributed by atoms with Crippen LogP contribution in [0.1, 0.15) is 52.9 Å². The van der Waals surface area contributed by atoms with Crippen LogP contribution in [-0.2, 0) is 9.59 Å². The fraction of sp³-hybridized carbons (Fsp3) is 0.727. The first-order valence-corrected chi connectivity index (χ1v) is 10.1. The lowest BCUT2D eigenvalue weighted by atomic mass is 9.50. The van der Waals surface area contributed by atoms with Gasteiger partial charge in [0, 0.05) is 17.3 Å². The highest BCUT2D eigenvalue weighted by atomic mass is 19.1. The summed E-state index contributed by atoms with van der Waals surface area (Å²) in [6.07, 6.45) is 4.98. The number of aliphatic hydroxyl groups excluding tert-OH is 1. The molecule has 0 heterocycles. The van der Waals surface area contributed by atoms with Crippen molar-refractivity contribution in [2.24, 2.45) is 28.6 Å². The number of carbonyl (C=O) groups is 2. The first-order chi connectivity index (χ1) is 12.6.